The fourth-order valence-electron chi connectivity index (χ4n) is 2.77. The van der Waals surface area contributed by atoms with Crippen molar-refractivity contribution < 1.29 is 9.59 Å². The van der Waals surface area contributed by atoms with Gasteiger partial charge in [0.15, 0.2) is 5.15 Å². The maximum atomic E-state index is 12.1. The molecule has 0 bridgehead atoms. The van der Waals surface area contributed by atoms with Crippen molar-refractivity contribution in [2.45, 2.75) is 18.9 Å². The Balaban J connectivity index is 1.42. The van der Waals surface area contributed by atoms with Gasteiger partial charge in [-0.25, -0.2) is 4.98 Å². The highest BCUT2D eigenvalue weighted by atomic mass is 35.5. The van der Waals surface area contributed by atoms with Gasteiger partial charge >= 0.3 is 0 Å². The minimum atomic E-state index is -0.115. The Bertz CT molecular complexity index is 730. The lowest BCUT2D eigenvalue weighted by atomic mass is 10.0. The summed E-state index contributed by atoms with van der Waals surface area (Å²) in [5.74, 6) is -0.140. The summed E-state index contributed by atoms with van der Waals surface area (Å²) in [5, 5.41) is 9.86. The number of rotatable bonds is 5. The van der Waals surface area contributed by atoms with Crippen LogP contribution in [0.5, 0.6) is 0 Å². The highest BCUT2D eigenvalue weighted by Crippen LogP contribution is 2.18. The summed E-state index contributed by atoms with van der Waals surface area (Å²) in [7, 11) is 0. The molecule has 8 heteroatoms. The zero-order valence-electron chi connectivity index (χ0n) is 13.6. The molecule has 1 saturated heterocycles. The lowest BCUT2D eigenvalue weighted by molar-refractivity contribution is -0.117. The highest BCUT2D eigenvalue weighted by Gasteiger charge is 2.22. The molecule has 0 aromatic carbocycles. The monoisotopic (exact) mass is 378 g/mol. The van der Waals surface area contributed by atoms with E-state index in [0.717, 1.165) is 25.9 Å². The third-order valence-electron chi connectivity index (χ3n) is 4.11. The van der Waals surface area contributed by atoms with Crippen LogP contribution in [0.4, 0.5) is 5.69 Å². The Kier molecular flexibility index (Phi) is 6.01. The van der Waals surface area contributed by atoms with E-state index in [1.807, 2.05) is 16.8 Å². The summed E-state index contributed by atoms with van der Waals surface area (Å²) in [4.78, 5) is 30.2. The Morgan fingerprint density at radius 3 is 2.80 bits per heavy atom. The number of pyridine rings is 1. The Labute approximate surface area is 155 Å². The third kappa shape index (κ3) is 5.01. The molecule has 3 rings (SSSR count). The lowest BCUT2D eigenvalue weighted by Gasteiger charge is -2.31. The van der Waals surface area contributed by atoms with Gasteiger partial charge in [-0.05, 0) is 36.4 Å². The van der Waals surface area contributed by atoms with Gasteiger partial charge in [0.2, 0.25) is 5.91 Å². The number of piperidine rings is 1. The summed E-state index contributed by atoms with van der Waals surface area (Å²) in [6.45, 7) is 1.84. The molecular formula is C17H19ClN4O2S. The predicted molar refractivity (Wildman–Crippen MR) is 99.1 cm³/mol. The predicted octanol–water partition coefficient (Wildman–Crippen LogP) is 2.63. The van der Waals surface area contributed by atoms with Gasteiger partial charge in [-0.15, -0.1) is 0 Å². The number of anilines is 1. The molecule has 1 aliphatic heterocycles. The normalized spacial score (nSPS) is 15.7. The number of carbonyl (C=O) groups excluding carboxylic acids is 2. The molecule has 0 radical (unpaired) electrons. The first-order valence-electron chi connectivity index (χ1n) is 8.07. The number of amides is 2. The van der Waals surface area contributed by atoms with Crippen molar-refractivity contribution in [1.29, 1.82) is 0 Å². The van der Waals surface area contributed by atoms with Gasteiger partial charge in [0, 0.05) is 36.3 Å². The van der Waals surface area contributed by atoms with Crippen molar-refractivity contribution in [2.24, 2.45) is 0 Å². The van der Waals surface area contributed by atoms with E-state index >= 15 is 0 Å². The number of hydrogen-bond donors (Lipinski definition) is 2. The molecule has 0 aliphatic carbocycles. The van der Waals surface area contributed by atoms with Crippen LogP contribution in [0.1, 0.15) is 23.2 Å². The SMILES string of the molecule is O=C(CN1CCC(NC(=O)c2ccsc2)CC1)Nc1cccnc1Cl. The third-order valence-corrected chi connectivity index (χ3v) is 5.09. The van der Waals surface area contributed by atoms with Crippen molar-refractivity contribution in [2.75, 3.05) is 25.0 Å². The number of likely N-dealkylation sites (tertiary alicyclic amines) is 1. The smallest absolute Gasteiger partial charge is 0.252 e. The molecule has 0 unspecified atom stereocenters. The van der Waals surface area contributed by atoms with Crippen LogP contribution in [0.3, 0.4) is 0 Å². The Hall–Kier alpha value is -1.96. The summed E-state index contributed by atoms with van der Waals surface area (Å²) < 4.78 is 0. The fraction of sp³-hybridized carbons (Fsp3) is 0.353. The molecule has 0 saturated carbocycles. The molecule has 1 aliphatic rings. The number of nitrogens with zero attached hydrogens (tertiary/aromatic N) is 2. The molecule has 2 N–H and O–H groups in total. The van der Waals surface area contributed by atoms with Crippen molar-refractivity contribution in [1.82, 2.24) is 15.2 Å². The van der Waals surface area contributed by atoms with E-state index in [0.29, 0.717) is 17.8 Å². The van der Waals surface area contributed by atoms with Crippen molar-refractivity contribution in [3.8, 4) is 0 Å². The Morgan fingerprint density at radius 1 is 1.32 bits per heavy atom. The molecule has 3 heterocycles. The molecule has 0 atom stereocenters. The summed E-state index contributed by atoms with van der Waals surface area (Å²) in [5.41, 5.74) is 1.23. The first-order valence-corrected chi connectivity index (χ1v) is 9.39. The van der Waals surface area contributed by atoms with Gasteiger partial charge in [-0.2, -0.15) is 11.3 Å². The topological polar surface area (TPSA) is 74.3 Å². The van der Waals surface area contributed by atoms with Crippen molar-refractivity contribution in [3.63, 3.8) is 0 Å². The van der Waals surface area contributed by atoms with E-state index in [-0.39, 0.29) is 23.0 Å². The minimum absolute atomic E-state index is 0.0244. The zero-order chi connectivity index (χ0) is 17.6. The number of nitrogens with one attached hydrogen (secondary N) is 2. The van der Waals surface area contributed by atoms with Crippen molar-refractivity contribution >= 4 is 40.4 Å². The number of thiophene rings is 1. The van der Waals surface area contributed by atoms with Crippen LogP contribution >= 0.6 is 22.9 Å². The molecule has 132 valence electrons. The van der Waals surface area contributed by atoms with Crippen molar-refractivity contribution in [3.05, 3.63) is 45.9 Å². The summed E-state index contributed by atoms with van der Waals surface area (Å²) in [6.07, 6.45) is 3.24. The van der Waals surface area contributed by atoms with Crippen LogP contribution in [0.15, 0.2) is 35.2 Å². The second kappa shape index (κ2) is 8.42. The second-order valence-electron chi connectivity index (χ2n) is 5.93. The maximum Gasteiger partial charge on any atom is 0.252 e. The van der Waals surface area contributed by atoms with Crippen LogP contribution in [-0.2, 0) is 4.79 Å². The van der Waals surface area contributed by atoms with E-state index < -0.39 is 0 Å². The maximum absolute atomic E-state index is 12.1. The first kappa shape index (κ1) is 17.8. The highest BCUT2D eigenvalue weighted by molar-refractivity contribution is 7.08. The molecule has 2 amide bonds. The quantitative estimate of drug-likeness (QED) is 0.784. The largest absolute Gasteiger partial charge is 0.349 e. The van der Waals surface area contributed by atoms with Crippen LogP contribution < -0.4 is 10.6 Å². The number of carbonyl (C=O) groups is 2. The van der Waals surface area contributed by atoms with Crippen LogP contribution in [0, 0.1) is 0 Å². The molecule has 2 aromatic rings. The van der Waals surface area contributed by atoms with E-state index in [1.165, 1.54) is 11.3 Å². The van der Waals surface area contributed by atoms with E-state index in [1.54, 1.807) is 18.3 Å². The van der Waals surface area contributed by atoms with Gasteiger partial charge < -0.3 is 10.6 Å². The zero-order valence-corrected chi connectivity index (χ0v) is 15.1. The number of aromatic nitrogens is 1. The standard InChI is InChI=1S/C17H19ClN4O2S/c18-16-14(2-1-6-19-16)21-15(23)10-22-7-3-13(4-8-22)20-17(24)12-5-9-25-11-12/h1-2,5-6,9,11,13H,3-4,7-8,10H2,(H,20,24)(H,21,23). The minimum Gasteiger partial charge on any atom is -0.349 e. The average Bonchev–Trinajstić information content (AvgIpc) is 3.13. The summed E-state index contributed by atoms with van der Waals surface area (Å²) >= 11 is 7.45. The van der Waals surface area contributed by atoms with E-state index in [9.17, 15) is 9.59 Å². The van der Waals surface area contributed by atoms with Gasteiger partial charge in [0.05, 0.1) is 12.2 Å². The van der Waals surface area contributed by atoms with Gasteiger partial charge in [0.1, 0.15) is 0 Å². The van der Waals surface area contributed by atoms with Crippen LogP contribution in [-0.4, -0.2) is 47.4 Å². The molecule has 1 fully saturated rings. The molecule has 25 heavy (non-hydrogen) atoms. The first-order chi connectivity index (χ1) is 12.1. The van der Waals surface area contributed by atoms with Gasteiger partial charge in [-0.1, -0.05) is 11.6 Å². The van der Waals surface area contributed by atoms with Crippen LogP contribution in [0.2, 0.25) is 5.15 Å². The van der Waals surface area contributed by atoms with Crippen LogP contribution in [0.25, 0.3) is 0 Å². The van der Waals surface area contributed by atoms with Gasteiger partial charge in [-0.3, -0.25) is 14.5 Å². The average molecular weight is 379 g/mol. The summed E-state index contributed by atoms with van der Waals surface area (Å²) in [6, 6.07) is 5.42. The fourth-order valence-corrected chi connectivity index (χ4v) is 3.57. The second-order valence-corrected chi connectivity index (χ2v) is 7.06. The van der Waals surface area contributed by atoms with E-state index in [2.05, 4.69) is 20.5 Å². The Morgan fingerprint density at radius 2 is 2.12 bits per heavy atom. The van der Waals surface area contributed by atoms with E-state index in [4.69, 9.17) is 11.6 Å². The molecule has 0 spiro atoms. The number of hydrogen-bond acceptors (Lipinski definition) is 5. The lowest BCUT2D eigenvalue weighted by Crippen LogP contribution is -2.46. The molecular weight excluding hydrogens is 360 g/mol. The molecule has 6 nitrogen and oxygen atoms in total. The number of halogens is 1. The molecule has 2 aromatic heterocycles. The van der Waals surface area contributed by atoms with Gasteiger partial charge in [0.25, 0.3) is 5.91 Å².